The van der Waals surface area contributed by atoms with Gasteiger partial charge in [-0.25, -0.2) is 0 Å². The Kier molecular flexibility index (Phi) is 2.26. The maximum atomic E-state index is 11.5. The van der Waals surface area contributed by atoms with Crippen LogP contribution in [0.15, 0.2) is 0 Å². The van der Waals surface area contributed by atoms with Gasteiger partial charge >= 0.3 is 0 Å². The molecule has 1 aliphatic heterocycles. The molecule has 1 atom stereocenters. The third-order valence-corrected chi connectivity index (χ3v) is 2.77. The highest BCUT2D eigenvalue weighted by molar-refractivity contribution is 5.82. The van der Waals surface area contributed by atoms with Gasteiger partial charge in [0.15, 0.2) is 0 Å². The van der Waals surface area contributed by atoms with Crippen LogP contribution in [-0.2, 0) is 9.53 Å². The van der Waals surface area contributed by atoms with Crippen molar-refractivity contribution in [2.45, 2.75) is 37.3 Å². The Hall–Kier alpha value is -0.610. The van der Waals surface area contributed by atoms with E-state index in [1.54, 1.807) is 0 Å². The van der Waals surface area contributed by atoms with Gasteiger partial charge in [-0.05, 0) is 25.7 Å². The molecular formula is C9H15NO3. The summed E-state index contributed by atoms with van der Waals surface area (Å²) in [6, 6.07) is 0. The first-order chi connectivity index (χ1) is 6.26. The summed E-state index contributed by atoms with van der Waals surface area (Å²) in [5.41, 5.74) is -0.303. The lowest BCUT2D eigenvalue weighted by Crippen LogP contribution is -2.44. The summed E-state index contributed by atoms with van der Waals surface area (Å²) in [5.74, 6) is -0.0518. The lowest BCUT2D eigenvalue weighted by atomic mass is 10.2. The number of nitrogens with one attached hydrogen (secondary N) is 1. The van der Waals surface area contributed by atoms with Crippen LogP contribution >= 0.6 is 0 Å². The molecule has 1 heterocycles. The fourth-order valence-electron chi connectivity index (χ4n) is 1.60. The molecule has 4 heteroatoms. The summed E-state index contributed by atoms with van der Waals surface area (Å²) in [4.78, 5) is 11.5. The SMILES string of the molecule is O=C(NC1(CO)CC1)[C@H]1CCCO1. The van der Waals surface area contributed by atoms with Crippen molar-refractivity contribution in [1.29, 1.82) is 0 Å². The van der Waals surface area contributed by atoms with Crippen LogP contribution < -0.4 is 5.32 Å². The number of ether oxygens (including phenoxy) is 1. The Morgan fingerprint density at radius 2 is 2.38 bits per heavy atom. The van der Waals surface area contributed by atoms with Crippen LogP contribution in [0.3, 0.4) is 0 Å². The molecule has 1 aliphatic carbocycles. The van der Waals surface area contributed by atoms with Crippen molar-refractivity contribution in [3.63, 3.8) is 0 Å². The van der Waals surface area contributed by atoms with E-state index in [9.17, 15) is 4.79 Å². The molecule has 0 aromatic rings. The molecule has 2 N–H and O–H groups in total. The Morgan fingerprint density at radius 3 is 2.85 bits per heavy atom. The molecule has 1 saturated carbocycles. The predicted molar refractivity (Wildman–Crippen MR) is 46.2 cm³/mol. The molecule has 2 fully saturated rings. The topological polar surface area (TPSA) is 58.6 Å². The van der Waals surface area contributed by atoms with E-state index >= 15 is 0 Å². The fourth-order valence-corrected chi connectivity index (χ4v) is 1.60. The van der Waals surface area contributed by atoms with Gasteiger partial charge in [-0.1, -0.05) is 0 Å². The molecule has 13 heavy (non-hydrogen) atoms. The summed E-state index contributed by atoms with van der Waals surface area (Å²) >= 11 is 0. The quantitative estimate of drug-likeness (QED) is 0.640. The molecule has 0 unspecified atom stereocenters. The van der Waals surface area contributed by atoms with Crippen LogP contribution in [0.25, 0.3) is 0 Å². The number of aliphatic hydroxyl groups excluding tert-OH is 1. The summed E-state index contributed by atoms with van der Waals surface area (Å²) in [5, 5.41) is 11.8. The standard InChI is InChI=1S/C9H15NO3/c11-6-9(3-4-9)10-8(12)7-2-1-5-13-7/h7,11H,1-6H2,(H,10,12)/t7-/m1/s1. The Labute approximate surface area is 77.3 Å². The van der Waals surface area contributed by atoms with Crippen molar-refractivity contribution in [2.24, 2.45) is 0 Å². The van der Waals surface area contributed by atoms with E-state index in [2.05, 4.69) is 5.32 Å². The fraction of sp³-hybridized carbons (Fsp3) is 0.889. The largest absolute Gasteiger partial charge is 0.394 e. The minimum absolute atomic E-state index is 0.0471. The number of hydrogen-bond donors (Lipinski definition) is 2. The molecule has 2 rings (SSSR count). The van der Waals surface area contributed by atoms with Gasteiger partial charge in [-0.3, -0.25) is 4.79 Å². The molecular weight excluding hydrogens is 170 g/mol. The van der Waals surface area contributed by atoms with E-state index in [1.165, 1.54) is 0 Å². The van der Waals surface area contributed by atoms with E-state index in [1.807, 2.05) is 0 Å². The number of hydrogen-bond acceptors (Lipinski definition) is 3. The van der Waals surface area contributed by atoms with Gasteiger partial charge in [0.1, 0.15) is 6.10 Å². The normalized spacial score (nSPS) is 30.1. The van der Waals surface area contributed by atoms with Crippen molar-refractivity contribution in [1.82, 2.24) is 5.32 Å². The molecule has 0 aromatic carbocycles. The second-order valence-electron chi connectivity index (χ2n) is 3.93. The molecule has 2 aliphatic rings. The van der Waals surface area contributed by atoms with E-state index in [-0.39, 0.29) is 24.2 Å². The number of amides is 1. The summed E-state index contributed by atoms with van der Waals surface area (Å²) in [6.07, 6.45) is 3.28. The van der Waals surface area contributed by atoms with Crippen molar-refractivity contribution in [3.05, 3.63) is 0 Å². The highest BCUT2D eigenvalue weighted by Crippen LogP contribution is 2.34. The van der Waals surface area contributed by atoms with Crippen molar-refractivity contribution >= 4 is 5.91 Å². The van der Waals surface area contributed by atoms with Gasteiger partial charge in [0, 0.05) is 6.61 Å². The molecule has 0 radical (unpaired) electrons. The molecule has 0 spiro atoms. The van der Waals surface area contributed by atoms with Crippen molar-refractivity contribution in [2.75, 3.05) is 13.2 Å². The predicted octanol–water partition coefficient (Wildman–Crippen LogP) is -0.194. The first-order valence-electron chi connectivity index (χ1n) is 4.80. The van der Waals surface area contributed by atoms with E-state index < -0.39 is 0 Å². The van der Waals surface area contributed by atoms with Crippen LogP contribution in [0.1, 0.15) is 25.7 Å². The molecule has 74 valence electrons. The van der Waals surface area contributed by atoms with Gasteiger partial charge in [0.25, 0.3) is 0 Å². The first-order valence-corrected chi connectivity index (χ1v) is 4.80. The zero-order chi connectivity index (χ0) is 9.31. The molecule has 4 nitrogen and oxygen atoms in total. The Balaban J connectivity index is 1.84. The minimum atomic E-state index is -0.303. The third kappa shape index (κ3) is 1.84. The Morgan fingerprint density at radius 1 is 1.62 bits per heavy atom. The third-order valence-electron chi connectivity index (χ3n) is 2.77. The molecule has 0 aromatic heterocycles. The van der Waals surface area contributed by atoms with Crippen LogP contribution in [0.5, 0.6) is 0 Å². The minimum Gasteiger partial charge on any atom is -0.394 e. The summed E-state index contributed by atoms with van der Waals surface area (Å²) < 4.78 is 5.24. The number of carbonyl (C=O) groups excluding carboxylic acids is 1. The van der Waals surface area contributed by atoms with Gasteiger partial charge in [0.2, 0.25) is 5.91 Å². The van der Waals surface area contributed by atoms with Crippen LogP contribution in [0.4, 0.5) is 0 Å². The van der Waals surface area contributed by atoms with Gasteiger partial charge in [-0.2, -0.15) is 0 Å². The molecule has 1 saturated heterocycles. The Bertz CT molecular complexity index is 207. The second kappa shape index (κ2) is 3.27. The summed E-state index contributed by atoms with van der Waals surface area (Å²) in [6.45, 7) is 0.732. The van der Waals surface area contributed by atoms with Crippen molar-refractivity contribution < 1.29 is 14.6 Å². The van der Waals surface area contributed by atoms with Crippen LogP contribution in [0.2, 0.25) is 0 Å². The van der Waals surface area contributed by atoms with Gasteiger partial charge < -0.3 is 15.2 Å². The average molecular weight is 185 g/mol. The van der Waals surface area contributed by atoms with Gasteiger partial charge in [-0.15, -0.1) is 0 Å². The average Bonchev–Trinajstić information content (AvgIpc) is 2.69. The lowest BCUT2D eigenvalue weighted by Gasteiger charge is -2.17. The van der Waals surface area contributed by atoms with Crippen molar-refractivity contribution in [3.8, 4) is 0 Å². The number of carbonyl (C=O) groups is 1. The highest BCUT2D eigenvalue weighted by atomic mass is 16.5. The van der Waals surface area contributed by atoms with Gasteiger partial charge in [0.05, 0.1) is 12.1 Å². The van der Waals surface area contributed by atoms with Crippen LogP contribution in [-0.4, -0.2) is 35.9 Å². The van der Waals surface area contributed by atoms with E-state index in [0.717, 1.165) is 25.7 Å². The number of aliphatic hydroxyl groups is 1. The zero-order valence-electron chi connectivity index (χ0n) is 7.58. The second-order valence-corrected chi connectivity index (χ2v) is 3.93. The molecule has 1 amide bonds. The highest BCUT2D eigenvalue weighted by Gasteiger charge is 2.44. The summed E-state index contributed by atoms with van der Waals surface area (Å²) in [7, 11) is 0. The zero-order valence-corrected chi connectivity index (χ0v) is 7.58. The lowest BCUT2D eigenvalue weighted by molar-refractivity contribution is -0.131. The van der Waals surface area contributed by atoms with E-state index in [4.69, 9.17) is 9.84 Å². The number of rotatable bonds is 3. The monoisotopic (exact) mass is 185 g/mol. The molecule has 0 bridgehead atoms. The smallest absolute Gasteiger partial charge is 0.249 e. The first kappa shape index (κ1) is 8.97. The maximum absolute atomic E-state index is 11.5. The van der Waals surface area contributed by atoms with E-state index in [0.29, 0.717) is 6.61 Å². The van der Waals surface area contributed by atoms with Crippen LogP contribution in [0, 0.1) is 0 Å². The maximum Gasteiger partial charge on any atom is 0.249 e.